The number of nitrogens with zero attached hydrogens (tertiary/aromatic N) is 1. The maximum atomic E-state index is 13.4. The van der Waals surface area contributed by atoms with E-state index < -0.39 is 0 Å². The molecule has 0 spiro atoms. The van der Waals surface area contributed by atoms with Gasteiger partial charge in [0.2, 0.25) is 0 Å². The quantitative estimate of drug-likeness (QED) is 0.0554. The summed E-state index contributed by atoms with van der Waals surface area (Å²) in [5.74, 6) is 3.56. The molecule has 6 nitrogen and oxygen atoms in total. The number of carbonyl (C=O) groups excluding carboxylic acids is 2. The molecule has 7 unspecified atom stereocenters. The second kappa shape index (κ2) is 26.8. The third-order valence-electron chi connectivity index (χ3n) is 16.2. The standard InChI is InChI=1S/C54H95NO5/c1-8-10-12-14-16-18-25-45(26-19-17-15-13-11-9-2)59-51(57)33-38-55(37-20-21-40-56)39-34-52(58)60-46-31-35-53(6)44(41-46)27-28-47-49-30-29-48(43(5)24-22-23-42(3)4)54(49,7)36-32-50(47)53/h27-28,42-43,45-46,48-50,56H,8-26,29-41H2,1-7H3. The Labute approximate surface area is 370 Å². The van der Waals surface area contributed by atoms with Crippen LogP contribution in [0.3, 0.4) is 0 Å². The van der Waals surface area contributed by atoms with Crippen molar-refractivity contribution >= 4 is 11.9 Å². The van der Waals surface area contributed by atoms with Gasteiger partial charge in [0.15, 0.2) is 0 Å². The number of aliphatic hydroxyl groups is 1. The average molecular weight is 838 g/mol. The number of rotatable bonds is 31. The molecular formula is C54H95NO5. The number of carbonyl (C=O) groups is 2. The molecule has 0 aromatic heterocycles. The van der Waals surface area contributed by atoms with E-state index >= 15 is 0 Å². The fourth-order valence-electron chi connectivity index (χ4n) is 12.4. The molecule has 3 fully saturated rings. The van der Waals surface area contributed by atoms with Crippen LogP contribution < -0.4 is 0 Å². The van der Waals surface area contributed by atoms with Gasteiger partial charge >= 0.3 is 11.9 Å². The van der Waals surface area contributed by atoms with E-state index in [1.54, 1.807) is 5.57 Å². The molecule has 0 bridgehead atoms. The number of allylic oxidation sites excluding steroid dienone is 3. The van der Waals surface area contributed by atoms with E-state index in [1.165, 1.54) is 115 Å². The fraction of sp³-hybridized carbons (Fsp3) is 0.889. The van der Waals surface area contributed by atoms with E-state index in [0.717, 1.165) is 88.0 Å². The first-order chi connectivity index (χ1) is 28.9. The van der Waals surface area contributed by atoms with Crippen molar-refractivity contribution in [1.29, 1.82) is 0 Å². The number of hydrogen-bond acceptors (Lipinski definition) is 6. The summed E-state index contributed by atoms with van der Waals surface area (Å²) in [5, 5.41) is 9.47. The lowest BCUT2D eigenvalue weighted by Gasteiger charge is -2.55. The van der Waals surface area contributed by atoms with Gasteiger partial charge in [-0.05, 0) is 124 Å². The highest BCUT2D eigenvalue weighted by molar-refractivity contribution is 5.70. The molecule has 4 rings (SSSR count). The van der Waals surface area contributed by atoms with E-state index in [2.05, 4.69) is 65.5 Å². The first-order valence-corrected chi connectivity index (χ1v) is 26.1. The van der Waals surface area contributed by atoms with Crippen LogP contribution in [0.15, 0.2) is 23.3 Å². The average Bonchev–Trinajstić information content (AvgIpc) is 3.58. The largest absolute Gasteiger partial charge is 0.462 e. The van der Waals surface area contributed by atoms with Crippen molar-refractivity contribution in [2.75, 3.05) is 26.2 Å². The molecule has 3 saturated carbocycles. The fourth-order valence-corrected chi connectivity index (χ4v) is 12.4. The summed E-state index contributed by atoms with van der Waals surface area (Å²) < 4.78 is 12.4. The number of ether oxygens (including phenoxy) is 2. The van der Waals surface area contributed by atoms with Gasteiger partial charge in [-0.25, -0.2) is 0 Å². The third-order valence-corrected chi connectivity index (χ3v) is 16.2. The summed E-state index contributed by atoms with van der Waals surface area (Å²) >= 11 is 0. The van der Waals surface area contributed by atoms with Crippen LogP contribution >= 0.6 is 0 Å². The Balaban J connectivity index is 1.26. The lowest BCUT2D eigenvalue weighted by Crippen LogP contribution is -2.47. The first-order valence-electron chi connectivity index (χ1n) is 26.1. The normalized spacial score (nSPS) is 26.7. The SMILES string of the molecule is CCCCCCCCC(CCCCCCCC)OC(=O)CCN(CCCCO)CCC(=O)OC1CCC2(C)C(=CC=C3C2CCC2(C)C3CCC2C(C)CCCC(C)C)C1. The minimum atomic E-state index is -0.128. The summed E-state index contributed by atoms with van der Waals surface area (Å²) in [4.78, 5) is 28.8. The Kier molecular flexibility index (Phi) is 22.8. The smallest absolute Gasteiger partial charge is 0.307 e. The molecule has 0 heterocycles. The number of unbranched alkanes of at least 4 members (excludes halogenated alkanes) is 11. The Bertz CT molecular complexity index is 1290. The van der Waals surface area contributed by atoms with Gasteiger partial charge in [0.1, 0.15) is 12.2 Å². The maximum absolute atomic E-state index is 13.4. The van der Waals surface area contributed by atoms with Crippen LogP contribution in [0.4, 0.5) is 0 Å². The van der Waals surface area contributed by atoms with Crippen LogP contribution in [0.25, 0.3) is 0 Å². The van der Waals surface area contributed by atoms with Crippen molar-refractivity contribution in [3.63, 3.8) is 0 Å². The molecule has 0 aromatic rings. The first kappa shape index (κ1) is 51.0. The molecule has 346 valence electrons. The van der Waals surface area contributed by atoms with Gasteiger partial charge in [0.05, 0.1) is 12.8 Å². The van der Waals surface area contributed by atoms with Gasteiger partial charge < -0.3 is 19.5 Å². The van der Waals surface area contributed by atoms with Gasteiger partial charge in [-0.2, -0.15) is 0 Å². The molecule has 0 aromatic carbocycles. The highest BCUT2D eigenvalue weighted by Gasteiger charge is 2.57. The Hall–Kier alpha value is -1.66. The number of fused-ring (bicyclic) bond motifs is 5. The molecule has 1 N–H and O–H groups in total. The predicted molar refractivity (Wildman–Crippen MR) is 251 cm³/mol. The van der Waals surface area contributed by atoms with Crippen molar-refractivity contribution in [3.8, 4) is 0 Å². The molecule has 60 heavy (non-hydrogen) atoms. The van der Waals surface area contributed by atoms with Gasteiger partial charge in [0, 0.05) is 26.1 Å². The number of aliphatic hydroxyl groups excluding tert-OH is 1. The summed E-state index contributed by atoms with van der Waals surface area (Å²) in [7, 11) is 0. The van der Waals surface area contributed by atoms with Crippen LogP contribution in [0.5, 0.6) is 0 Å². The zero-order valence-corrected chi connectivity index (χ0v) is 40.4. The van der Waals surface area contributed by atoms with Gasteiger partial charge in [-0.1, -0.05) is 155 Å². The van der Waals surface area contributed by atoms with Crippen LogP contribution in [0.1, 0.15) is 228 Å². The monoisotopic (exact) mass is 838 g/mol. The van der Waals surface area contributed by atoms with Gasteiger partial charge in [-0.3, -0.25) is 9.59 Å². The molecule has 0 saturated heterocycles. The summed E-state index contributed by atoms with van der Waals surface area (Å²) in [6, 6.07) is 0. The van der Waals surface area contributed by atoms with E-state index in [4.69, 9.17) is 9.47 Å². The van der Waals surface area contributed by atoms with E-state index in [9.17, 15) is 14.7 Å². The molecule has 0 amide bonds. The maximum Gasteiger partial charge on any atom is 0.307 e. The van der Waals surface area contributed by atoms with Crippen molar-refractivity contribution < 1.29 is 24.2 Å². The summed E-state index contributed by atoms with van der Waals surface area (Å²) in [6.07, 6.45) is 36.4. The highest BCUT2D eigenvalue weighted by atomic mass is 16.5. The van der Waals surface area contributed by atoms with E-state index in [1.807, 2.05) is 0 Å². The van der Waals surface area contributed by atoms with Gasteiger partial charge in [-0.15, -0.1) is 0 Å². The van der Waals surface area contributed by atoms with Crippen molar-refractivity contribution in [1.82, 2.24) is 4.90 Å². The lowest BCUT2D eigenvalue weighted by molar-refractivity contribution is -0.151. The highest BCUT2D eigenvalue weighted by Crippen LogP contribution is 2.66. The summed E-state index contributed by atoms with van der Waals surface area (Å²) in [5.41, 5.74) is 3.85. The summed E-state index contributed by atoms with van der Waals surface area (Å²) in [6.45, 7) is 19.0. The topological polar surface area (TPSA) is 76.1 Å². The zero-order valence-electron chi connectivity index (χ0n) is 40.4. The molecule has 6 heteroatoms. The van der Waals surface area contributed by atoms with Crippen molar-refractivity contribution in [2.45, 2.75) is 240 Å². The molecule has 7 atom stereocenters. The lowest BCUT2D eigenvalue weighted by atomic mass is 9.50. The van der Waals surface area contributed by atoms with Gasteiger partial charge in [0.25, 0.3) is 0 Å². The van der Waals surface area contributed by atoms with Crippen molar-refractivity contribution in [2.24, 2.45) is 40.4 Å². The minimum Gasteiger partial charge on any atom is -0.462 e. The van der Waals surface area contributed by atoms with Crippen LogP contribution in [0.2, 0.25) is 0 Å². The van der Waals surface area contributed by atoms with Crippen molar-refractivity contribution in [3.05, 3.63) is 23.3 Å². The Morgan fingerprint density at radius 2 is 1.35 bits per heavy atom. The van der Waals surface area contributed by atoms with E-state index in [0.29, 0.717) is 37.3 Å². The van der Waals surface area contributed by atoms with E-state index in [-0.39, 0.29) is 36.2 Å². The second-order valence-corrected chi connectivity index (χ2v) is 21.3. The molecule has 0 radical (unpaired) electrons. The Morgan fingerprint density at radius 1 is 0.700 bits per heavy atom. The van der Waals surface area contributed by atoms with Crippen LogP contribution in [-0.2, 0) is 19.1 Å². The predicted octanol–water partition coefficient (Wildman–Crippen LogP) is 14.1. The Morgan fingerprint density at radius 3 is 2.00 bits per heavy atom. The third kappa shape index (κ3) is 15.5. The molecule has 4 aliphatic carbocycles. The molecular weight excluding hydrogens is 743 g/mol. The molecule has 4 aliphatic rings. The van der Waals surface area contributed by atoms with Crippen LogP contribution in [-0.4, -0.2) is 60.4 Å². The zero-order chi connectivity index (χ0) is 43.4. The second-order valence-electron chi connectivity index (χ2n) is 21.3. The molecule has 0 aliphatic heterocycles. The number of hydrogen-bond donors (Lipinski definition) is 1. The minimum absolute atomic E-state index is 0.0119. The number of esters is 2. The van der Waals surface area contributed by atoms with Crippen LogP contribution in [0, 0.1) is 40.4 Å².